The summed E-state index contributed by atoms with van der Waals surface area (Å²) in [4.78, 5) is 14.8. The summed E-state index contributed by atoms with van der Waals surface area (Å²) in [5, 5.41) is 8.77. The second-order valence-electron chi connectivity index (χ2n) is 3.25. The highest BCUT2D eigenvalue weighted by atomic mass is 79.9. The molecule has 0 spiro atoms. The normalized spacial score (nSPS) is 12.2. The van der Waals surface area contributed by atoms with Gasteiger partial charge < -0.3 is 9.84 Å². The predicted molar refractivity (Wildman–Crippen MR) is 59.0 cm³/mol. The first-order valence-corrected chi connectivity index (χ1v) is 5.25. The number of ether oxygens (including phenoxy) is 1. The van der Waals surface area contributed by atoms with Crippen molar-refractivity contribution in [1.82, 2.24) is 4.98 Å². The van der Waals surface area contributed by atoms with Crippen LogP contribution in [0, 0.1) is 5.92 Å². The molecule has 5 heteroatoms. The number of hydrogen-bond acceptors (Lipinski definition) is 3. The second-order valence-corrected chi connectivity index (χ2v) is 4.10. The predicted octanol–water partition coefficient (Wildman–Crippen LogP) is 2.12. The van der Waals surface area contributed by atoms with E-state index in [2.05, 4.69) is 20.9 Å². The van der Waals surface area contributed by atoms with E-state index in [1.165, 1.54) is 0 Å². The Morgan fingerprint density at radius 2 is 2.40 bits per heavy atom. The van der Waals surface area contributed by atoms with Crippen molar-refractivity contribution in [3.05, 3.63) is 22.4 Å². The van der Waals surface area contributed by atoms with Gasteiger partial charge in [0.1, 0.15) is 5.75 Å². The number of nitrogens with zero attached hydrogens (tertiary/aromatic N) is 1. The van der Waals surface area contributed by atoms with Gasteiger partial charge in [-0.1, -0.05) is 6.92 Å². The minimum Gasteiger partial charge on any atom is -0.495 e. The van der Waals surface area contributed by atoms with Crippen molar-refractivity contribution < 1.29 is 14.6 Å². The van der Waals surface area contributed by atoms with Gasteiger partial charge in [0.05, 0.1) is 24.9 Å². The first-order chi connectivity index (χ1) is 7.04. The highest BCUT2D eigenvalue weighted by molar-refractivity contribution is 9.10. The summed E-state index contributed by atoms with van der Waals surface area (Å²) < 4.78 is 5.77. The molecule has 1 N–H and O–H groups in total. The summed E-state index contributed by atoms with van der Waals surface area (Å²) in [6, 6.07) is 1.77. The molecular formula is C10H12BrNO3. The molecule has 1 aromatic rings. The van der Waals surface area contributed by atoms with Crippen LogP contribution in [-0.4, -0.2) is 23.2 Å². The van der Waals surface area contributed by atoms with E-state index < -0.39 is 11.9 Å². The van der Waals surface area contributed by atoms with E-state index in [0.29, 0.717) is 12.2 Å². The Kier molecular flexibility index (Phi) is 4.08. The molecule has 1 atom stereocenters. The van der Waals surface area contributed by atoms with Crippen LogP contribution in [0.1, 0.15) is 12.6 Å². The van der Waals surface area contributed by atoms with Crippen LogP contribution in [0.25, 0.3) is 0 Å². The van der Waals surface area contributed by atoms with Crippen LogP contribution in [0.15, 0.2) is 16.7 Å². The minimum atomic E-state index is -0.820. The van der Waals surface area contributed by atoms with Crippen LogP contribution in [0.3, 0.4) is 0 Å². The zero-order chi connectivity index (χ0) is 11.4. The summed E-state index contributed by atoms with van der Waals surface area (Å²) in [5.74, 6) is -0.615. The molecular weight excluding hydrogens is 262 g/mol. The molecule has 82 valence electrons. The first kappa shape index (κ1) is 12.0. The van der Waals surface area contributed by atoms with Crippen LogP contribution in [0.2, 0.25) is 0 Å². The molecule has 0 saturated carbocycles. The van der Waals surface area contributed by atoms with Gasteiger partial charge in [0.2, 0.25) is 0 Å². The number of halogens is 1. The SMILES string of the molecule is COc1cnc(CC(C)C(=O)O)c(Br)c1. The summed E-state index contributed by atoms with van der Waals surface area (Å²) in [5.41, 5.74) is 0.728. The number of carboxylic acid groups (broad SMARTS) is 1. The fourth-order valence-corrected chi connectivity index (χ4v) is 1.58. The number of pyridine rings is 1. The van der Waals surface area contributed by atoms with E-state index in [0.717, 1.165) is 10.2 Å². The van der Waals surface area contributed by atoms with E-state index >= 15 is 0 Å². The van der Waals surface area contributed by atoms with Gasteiger partial charge in [-0.05, 0) is 22.0 Å². The fourth-order valence-electron chi connectivity index (χ4n) is 1.09. The average Bonchev–Trinajstić information content (AvgIpc) is 2.20. The molecule has 1 unspecified atom stereocenters. The van der Waals surface area contributed by atoms with Crippen molar-refractivity contribution in [3.8, 4) is 5.75 Å². The van der Waals surface area contributed by atoms with Crippen molar-refractivity contribution in [2.75, 3.05) is 7.11 Å². The van der Waals surface area contributed by atoms with Crippen molar-refractivity contribution in [2.45, 2.75) is 13.3 Å². The summed E-state index contributed by atoms with van der Waals surface area (Å²) in [6.07, 6.45) is 1.98. The van der Waals surface area contributed by atoms with Crippen LogP contribution in [0.4, 0.5) is 0 Å². The Balaban J connectivity index is 2.82. The van der Waals surface area contributed by atoms with Crippen LogP contribution in [0.5, 0.6) is 5.75 Å². The highest BCUT2D eigenvalue weighted by Gasteiger charge is 2.14. The number of methoxy groups -OCH3 is 1. The van der Waals surface area contributed by atoms with Crippen LogP contribution < -0.4 is 4.74 Å². The van der Waals surface area contributed by atoms with Gasteiger partial charge in [0.15, 0.2) is 0 Å². The maximum atomic E-state index is 10.7. The molecule has 0 bridgehead atoms. The van der Waals surface area contributed by atoms with Crippen LogP contribution >= 0.6 is 15.9 Å². The Bertz CT molecular complexity index is 368. The minimum absolute atomic E-state index is 0.403. The van der Waals surface area contributed by atoms with Gasteiger partial charge in [-0.2, -0.15) is 0 Å². The van der Waals surface area contributed by atoms with Crippen molar-refractivity contribution in [2.24, 2.45) is 5.92 Å². The molecule has 1 rings (SSSR count). The fraction of sp³-hybridized carbons (Fsp3) is 0.400. The molecule has 0 aliphatic heterocycles. The highest BCUT2D eigenvalue weighted by Crippen LogP contribution is 2.22. The van der Waals surface area contributed by atoms with E-state index in [4.69, 9.17) is 9.84 Å². The summed E-state index contributed by atoms with van der Waals surface area (Å²) in [6.45, 7) is 1.65. The number of aromatic nitrogens is 1. The van der Waals surface area contributed by atoms with Gasteiger partial charge in [0.25, 0.3) is 0 Å². The Labute approximate surface area is 96.4 Å². The summed E-state index contributed by atoms with van der Waals surface area (Å²) >= 11 is 3.33. The molecule has 0 aliphatic carbocycles. The topological polar surface area (TPSA) is 59.4 Å². The molecule has 0 fully saturated rings. The lowest BCUT2D eigenvalue weighted by molar-refractivity contribution is -0.141. The Morgan fingerprint density at radius 1 is 1.73 bits per heavy atom. The number of carbonyl (C=O) groups is 1. The van der Waals surface area contributed by atoms with Gasteiger partial charge >= 0.3 is 5.97 Å². The third kappa shape index (κ3) is 3.20. The number of aliphatic carboxylic acids is 1. The number of carboxylic acids is 1. The standard InChI is InChI=1S/C10H12BrNO3/c1-6(10(13)14)3-9-8(11)4-7(15-2)5-12-9/h4-6H,3H2,1-2H3,(H,13,14). The largest absolute Gasteiger partial charge is 0.495 e. The zero-order valence-electron chi connectivity index (χ0n) is 8.53. The van der Waals surface area contributed by atoms with Gasteiger partial charge in [-0.25, -0.2) is 0 Å². The van der Waals surface area contributed by atoms with E-state index in [1.807, 2.05) is 0 Å². The van der Waals surface area contributed by atoms with Crippen molar-refractivity contribution in [3.63, 3.8) is 0 Å². The quantitative estimate of drug-likeness (QED) is 0.913. The summed E-state index contributed by atoms with van der Waals surface area (Å²) in [7, 11) is 1.56. The lowest BCUT2D eigenvalue weighted by Crippen LogP contribution is -2.13. The molecule has 1 heterocycles. The van der Waals surface area contributed by atoms with Gasteiger partial charge in [-0.3, -0.25) is 9.78 Å². The first-order valence-electron chi connectivity index (χ1n) is 4.45. The smallest absolute Gasteiger partial charge is 0.306 e. The third-order valence-electron chi connectivity index (χ3n) is 2.05. The molecule has 1 aromatic heterocycles. The molecule has 0 amide bonds. The average molecular weight is 274 g/mol. The Morgan fingerprint density at radius 3 is 2.87 bits per heavy atom. The van der Waals surface area contributed by atoms with E-state index in [1.54, 1.807) is 26.3 Å². The molecule has 0 aliphatic rings. The number of hydrogen-bond donors (Lipinski definition) is 1. The van der Waals surface area contributed by atoms with Gasteiger partial charge in [0, 0.05) is 10.9 Å². The van der Waals surface area contributed by atoms with Crippen LogP contribution in [-0.2, 0) is 11.2 Å². The third-order valence-corrected chi connectivity index (χ3v) is 2.74. The van der Waals surface area contributed by atoms with E-state index in [9.17, 15) is 4.79 Å². The molecule has 15 heavy (non-hydrogen) atoms. The monoisotopic (exact) mass is 273 g/mol. The van der Waals surface area contributed by atoms with E-state index in [-0.39, 0.29) is 0 Å². The van der Waals surface area contributed by atoms with Crippen molar-refractivity contribution >= 4 is 21.9 Å². The van der Waals surface area contributed by atoms with Gasteiger partial charge in [-0.15, -0.1) is 0 Å². The molecule has 0 aromatic carbocycles. The Hall–Kier alpha value is -1.10. The maximum Gasteiger partial charge on any atom is 0.306 e. The zero-order valence-corrected chi connectivity index (χ0v) is 10.1. The lowest BCUT2D eigenvalue weighted by Gasteiger charge is -2.08. The lowest BCUT2D eigenvalue weighted by atomic mass is 10.1. The van der Waals surface area contributed by atoms with Crippen molar-refractivity contribution in [1.29, 1.82) is 0 Å². The molecule has 0 saturated heterocycles. The number of rotatable bonds is 4. The maximum absolute atomic E-state index is 10.7. The molecule has 0 radical (unpaired) electrons. The second kappa shape index (κ2) is 5.11. The molecule has 4 nitrogen and oxygen atoms in total.